The van der Waals surface area contributed by atoms with Gasteiger partial charge in [-0.25, -0.2) is 9.37 Å². The van der Waals surface area contributed by atoms with Crippen LogP contribution in [-0.2, 0) is 6.42 Å². The van der Waals surface area contributed by atoms with Gasteiger partial charge >= 0.3 is 0 Å². The van der Waals surface area contributed by atoms with Crippen LogP contribution in [0.25, 0.3) is 22.4 Å². The van der Waals surface area contributed by atoms with Gasteiger partial charge in [-0.15, -0.1) is 0 Å². The van der Waals surface area contributed by atoms with Crippen LogP contribution in [0.15, 0.2) is 42.5 Å². The number of fused-ring (bicyclic) bond motifs is 1. The summed E-state index contributed by atoms with van der Waals surface area (Å²) in [4.78, 5) is 7.45. The highest BCUT2D eigenvalue weighted by atomic mass is 19.1. The van der Waals surface area contributed by atoms with Crippen molar-refractivity contribution in [3.8, 4) is 11.4 Å². The van der Waals surface area contributed by atoms with Crippen LogP contribution in [0.5, 0.6) is 0 Å². The third-order valence-electron chi connectivity index (χ3n) is 3.10. The fourth-order valence-corrected chi connectivity index (χ4v) is 2.03. The molecule has 18 heavy (non-hydrogen) atoms. The first kappa shape index (κ1) is 11.0. The van der Waals surface area contributed by atoms with Crippen molar-refractivity contribution < 1.29 is 4.39 Å². The van der Waals surface area contributed by atoms with Gasteiger partial charge in [-0.1, -0.05) is 37.3 Å². The number of benzene rings is 2. The topological polar surface area (TPSA) is 28.7 Å². The van der Waals surface area contributed by atoms with E-state index in [0.29, 0.717) is 11.3 Å². The molecule has 3 heteroatoms. The molecule has 1 N–H and O–H groups in total. The molecule has 0 bridgehead atoms. The second-order valence-electron chi connectivity index (χ2n) is 4.27. The molecule has 0 unspecified atom stereocenters. The molecule has 0 spiro atoms. The molecule has 0 radical (unpaired) electrons. The van der Waals surface area contributed by atoms with Gasteiger partial charge in [0.25, 0.3) is 0 Å². The van der Waals surface area contributed by atoms with Crippen LogP contribution >= 0.6 is 0 Å². The van der Waals surface area contributed by atoms with E-state index in [1.807, 2.05) is 18.2 Å². The normalized spacial score (nSPS) is 11.0. The molecule has 3 aromatic rings. The van der Waals surface area contributed by atoms with Crippen molar-refractivity contribution in [2.45, 2.75) is 13.3 Å². The largest absolute Gasteiger partial charge is 0.338 e. The molecule has 0 fully saturated rings. The maximum atomic E-state index is 13.6. The van der Waals surface area contributed by atoms with Gasteiger partial charge in [-0.2, -0.15) is 0 Å². The number of nitrogens with zero attached hydrogens (tertiary/aromatic N) is 1. The molecule has 0 saturated carbocycles. The molecule has 1 heterocycles. The Morgan fingerprint density at radius 1 is 1.11 bits per heavy atom. The number of aromatic amines is 1. The Morgan fingerprint density at radius 2 is 1.89 bits per heavy atom. The van der Waals surface area contributed by atoms with Crippen LogP contribution in [-0.4, -0.2) is 9.97 Å². The Kier molecular flexibility index (Phi) is 2.59. The van der Waals surface area contributed by atoms with Gasteiger partial charge in [-0.3, -0.25) is 0 Å². The van der Waals surface area contributed by atoms with E-state index in [9.17, 15) is 4.39 Å². The van der Waals surface area contributed by atoms with E-state index in [1.54, 1.807) is 6.07 Å². The van der Waals surface area contributed by atoms with E-state index in [2.05, 4.69) is 29.0 Å². The van der Waals surface area contributed by atoms with Crippen molar-refractivity contribution in [3.63, 3.8) is 0 Å². The van der Waals surface area contributed by atoms with E-state index < -0.39 is 0 Å². The van der Waals surface area contributed by atoms with E-state index in [-0.39, 0.29) is 5.82 Å². The van der Waals surface area contributed by atoms with Crippen molar-refractivity contribution in [1.82, 2.24) is 9.97 Å². The van der Waals surface area contributed by atoms with Crippen molar-refractivity contribution in [2.75, 3.05) is 0 Å². The lowest BCUT2D eigenvalue weighted by Crippen LogP contribution is -1.83. The molecule has 2 nitrogen and oxygen atoms in total. The average Bonchev–Trinajstić information content (AvgIpc) is 2.84. The summed E-state index contributed by atoms with van der Waals surface area (Å²) < 4.78 is 13.6. The highest BCUT2D eigenvalue weighted by Gasteiger charge is 2.08. The van der Waals surface area contributed by atoms with Crippen LogP contribution in [0.2, 0.25) is 0 Å². The molecular formula is C15H13FN2. The number of nitrogens with one attached hydrogen (secondary N) is 1. The lowest BCUT2D eigenvalue weighted by Gasteiger charge is -1.98. The van der Waals surface area contributed by atoms with Crippen LogP contribution in [0, 0.1) is 5.82 Å². The first-order valence-electron chi connectivity index (χ1n) is 6.01. The fraction of sp³-hybridized carbons (Fsp3) is 0.133. The van der Waals surface area contributed by atoms with Crippen molar-refractivity contribution in [3.05, 3.63) is 53.8 Å². The maximum absolute atomic E-state index is 13.6. The van der Waals surface area contributed by atoms with Gasteiger partial charge in [0, 0.05) is 5.56 Å². The average molecular weight is 240 g/mol. The third-order valence-corrected chi connectivity index (χ3v) is 3.10. The van der Waals surface area contributed by atoms with Gasteiger partial charge in [0.1, 0.15) is 11.3 Å². The summed E-state index contributed by atoms with van der Waals surface area (Å²) in [5, 5.41) is 0. The molecule has 0 aliphatic carbocycles. The minimum atomic E-state index is -0.292. The molecule has 0 aliphatic heterocycles. The summed E-state index contributed by atoms with van der Waals surface area (Å²) in [6.45, 7) is 2.12. The van der Waals surface area contributed by atoms with E-state index in [1.165, 1.54) is 11.6 Å². The maximum Gasteiger partial charge on any atom is 0.151 e. The number of hydrogen-bond acceptors (Lipinski definition) is 1. The first-order chi connectivity index (χ1) is 8.78. The van der Waals surface area contributed by atoms with Gasteiger partial charge in [0.05, 0.1) is 5.52 Å². The quantitative estimate of drug-likeness (QED) is 0.722. The molecule has 2 aromatic carbocycles. The standard InChI is InChI=1S/C15H13FN2/c1-2-10-6-8-11(9-7-10)15-17-13-5-3-4-12(16)14(13)18-15/h3-9H,2H2,1H3,(H,17,18). The first-order valence-corrected chi connectivity index (χ1v) is 6.01. The predicted molar refractivity (Wildman–Crippen MR) is 70.9 cm³/mol. The Hall–Kier alpha value is -2.16. The fourth-order valence-electron chi connectivity index (χ4n) is 2.03. The zero-order valence-corrected chi connectivity index (χ0v) is 10.1. The van der Waals surface area contributed by atoms with E-state index >= 15 is 0 Å². The molecular weight excluding hydrogens is 227 g/mol. The summed E-state index contributed by atoms with van der Waals surface area (Å²) in [6.07, 6.45) is 1.01. The second kappa shape index (κ2) is 4.26. The van der Waals surface area contributed by atoms with Gasteiger partial charge in [-0.05, 0) is 24.1 Å². The van der Waals surface area contributed by atoms with Crippen LogP contribution < -0.4 is 0 Å². The highest BCUT2D eigenvalue weighted by molar-refractivity contribution is 5.79. The van der Waals surface area contributed by atoms with E-state index in [0.717, 1.165) is 17.5 Å². The summed E-state index contributed by atoms with van der Waals surface area (Å²) in [7, 11) is 0. The Balaban J connectivity index is 2.10. The van der Waals surface area contributed by atoms with Crippen molar-refractivity contribution in [2.24, 2.45) is 0 Å². The third kappa shape index (κ3) is 1.78. The number of rotatable bonds is 2. The predicted octanol–water partition coefficient (Wildman–Crippen LogP) is 3.93. The zero-order chi connectivity index (χ0) is 12.5. The van der Waals surface area contributed by atoms with Gasteiger partial charge in [0.15, 0.2) is 5.82 Å². The minimum absolute atomic E-state index is 0.292. The monoisotopic (exact) mass is 240 g/mol. The summed E-state index contributed by atoms with van der Waals surface area (Å²) in [6, 6.07) is 13.1. The van der Waals surface area contributed by atoms with Gasteiger partial charge < -0.3 is 4.98 Å². The molecule has 90 valence electrons. The van der Waals surface area contributed by atoms with Crippen molar-refractivity contribution >= 4 is 11.0 Å². The summed E-state index contributed by atoms with van der Waals surface area (Å²) >= 11 is 0. The number of halogens is 1. The summed E-state index contributed by atoms with van der Waals surface area (Å²) in [5.41, 5.74) is 3.38. The molecule has 0 aliphatic rings. The molecule has 0 amide bonds. The lowest BCUT2D eigenvalue weighted by molar-refractivity contribution is 0.637. The van der Waals surface area contributed by atoms with Gasteiger partial charge in [0.2, 0.25) is 0 Å². The Morgan fingerprint density at radius 3 is 2.56 bits per heavy atom. The SMILES string of the molecule is CCc1ccc(-c2nc3c(F)cccc3[nH]2)cc1. The molecule has 0 saturated heterocycles. The van der Waals surface area contributed by atoms with Crippen LogP contribution in [0.1, 0.15) is 12.5 Å². The van der Waals surface area contributed by atoms with E-state index in [4.69, 9.17) is 0 Å². The highest BCUT2D eigenvalue weighted by Crippen LogP contribution is 2.22. The number of aromatic nitrogens is 2. The molecule has 3 rings (SSSR count). The van der Waals surface area contributed by atoms with Crippen molar-refractivity contribution in [1.29, 1.82) is 0 Å². The number of H-pyrrole nitrogens is 1. The second-order valence-corrected chi connectivity index (χ2v) is 4.27. The lowest BCUT2D eigenvalue weighted by atomic mass is 10.1. The number of imidazole rings is 1. The molecule has 1 aromatic heterocycles. The zero-order valence-electron chi connectivity index (χ0n) is 10.1. The smallest absolute Gasteiger partial charge is 0.151 e. The van der Waals surface area contributed by atoms with Crippen LogP contribution in [0.4, 0.5) is 4.39 Å². The Bertz CT molecular complexity index is 683. The van der Waals surface area contributed by atoms with Crippen LogP contribution in [0.3, 0.4) is 0 Å². The molecule has 0 atom stereocenters. The summed E-state index contributed by atoms with van der Waals surface area (Å²) in [5.74, 6) is 0.415. The Labute approximate surface area is 104 Å². The minimum Gasteiger partial charge on any atom is -0.338 e. The number of para-hydroxylation sites is 1. The number of hydrogen-bond donors (Lipinski definition) is 1. The number of aryl methyl sites for hydroxylation is 1.